The number of amides is 1. The average Bonchev–Trinajstić information content (AvgIpc) is 2.93. The lowest BCUT2D eigenvalue weighted by atomic mass is 10.3. The van der Waals surface area contributed by atoms with Crippen LogP contribution in [0.4, 0.5) is 5.69 Å². The third-order valence-corrected chi connectivity index (χ3v) is 3.76. The fraction of sp³-hybridized carbons (Fsp3) is 0.312. The van der Waals surface area contributed by atoms with Gasteiger partial charge in [0, 0.05) is 18.4 Å². The van der Waals surface area contributed by atoms with Gasteiger partial charge in [0.2, 0.25) is 5.91 Å². The molecule has 0 atom stereocenters. The molecule has 0 aliphatic rings. The zero-order valence-corrected chi connectivity index (χ0v) is 13.5. The van der Waals surface area contributed by atoms with Crippen LogP contribution in [0.5, 0.6) is 0 Å². The van der Waals surface area contributed by atoms with E-state index in [-0.39, 0.29) is 12.5 Å². The van der Waals surface area contributed by atoms with Crippen molar-refractivity contribution in [2.45, 2.75) is 13.3 Å². The molecule has 0 unspecified atom stereocenters. The third-order valence-electron chi connectivity index (χ3n) is 3.14. The third kappa shape index (κ3) is 3.68. The number of carbonyl (C=O) groups excluding carboxylic acids is 1. The Morgan fingerprint density at radius 3 is 3.00 bits per heavy atom. The second kappa shape index (κ2) is 7.66. The highest BCUT2D eigenvalue weighted by molar-refractivity contribution is 7.98. The first-order valence-electron chi connectivity index (χ1n) is 6.86. The lowest BCUT2D eigenvalue weighted by Crippen LogP contribution is -2.31. The second-order valence-electron chi connectivity index (χ2n) is 4.68. The molecule has 0 aliphatic carbocycles. The van der Waals surface area contributed by atoms with E-state index in [2.05, 4.69) is 16.0 Å². The number of hydrogen-bond donors (Lipinski definition) is 0. The monoisotopic (exact) mass is 314 g/mol. The van der Waals surface area contributed by atoms with E-state index in [1.165, 1.54) is 0 Å². The predicted octanol–water partition coefficient (Wildman–Crippen LogP) is 2.30. The lowest BCUT2D eigenvalue weighted by molar-refractivity contribution is -0.118. The summed E-state index contributed by atoms with van der Waals surface area (Å²) in [7, 11) is 0. The number of anilines is 1. The second-order valence-corrected chi connectivity index (χ2v) is 5.67. The number of aromatic nitrogens is 3. The van der Waals surface area contributed by atoms with Crippen molar-refractivity contribution in [2.75, 3.05) is 23.5 Å². The van der Waals surface area contributed by atoms with Crippen molar-refractivity contribution in [3.8, 4) is 18.0 Å². The molecule has 0 saturated carbocycles. The molecule has 5 nitrogen and oxygen atoms in total. The van der Waals surface area contributed by atoms with Crippen molar-refractivity contribution in [1.82, 2.24) is 14.8 Å². The highest BCUT2D eigenvalue weighted by atomic mass is 32.2. The van der Waals surface area contributed by atoms with Gasteiger partial charge in [0.05, 0.1) is 36.0 Å². The molecule has 0 aromatic carbocycles. The molecular formula is C16H18N4OS. The van der Waals surface area contributed by atoms with Crippen molar-refractivity contribution < 1.29 is 4.79 Å². The van der Waals surface area contributed by atoms with Crippen LogP contribution in [-0.2, 0) is 4.79 Å². The number of carbonyl (C=O) groups is 1. The van der Waals surface area contributed by atoms with Gasteiger partial charge < -0.3 is 0 Å². The fourth-order valence-electron chi connectivity index (χ4n) is 2.06. The van der Waals surface area contributed by atoms with Crippen molar-refractivity contribution in [3.05, 3.63) is 36.4 Å². The van der Waals surface area contributed by atoms with Crippen LogP contribution in [0.15, 0.2) is 30.7 Å². The molecule has 2 aromatic heterocycles. The highest BCUT2D eigenvalue weighted by Crippen LogP contribution is 2.21. The minimum Gasteiger partial charge on any atom is -0.297 e. The molecular weight excluding hydrogens is 296 g/mol. The Kier molecular flexibility index (Phi) is 5.61. The predicted molar refractivity (Wildman–Crippen MR) is 90.3 cm³/mol. The number of aryl methyl sites for hydroxylation is 1. The standard InChI is InChI=1S/C16H18N4OS/c1-4-9-19(16(21)7-10-22-3)15-12-20(18-13(15)2)14-6-5-8-17-11-14/h1,5-6,8,11-12H,7,9-10H2,2-3H3. The summed E-state index contributed by atoms with van der Waals surface area (Å²) in [5.74, 6) is 3.34. The first-order chi connectivity index (χ1) is 10.7. The molecule has 0 N–H and O–H groups in total. The van der Waals surface area contributed by atoms with Gasteiger partial charge in [-0.05, 0) is 25.3 Å². The van der Waals surface area contributed by atoms with Gasteiger partial charge in [-0.25, -0.2) is 4.68 Å². The number of thioether (sulfide) groups is 1. The molecule has 2 rings (SSSR count). The Morgan fingerprint density at radius 1 is 1.55 bits per heavy atom. The molecule has 1 amide bonds. The van der Waals surface area contributed by atoms with E-state index in [1.54, 1.807) is 33.7 Å². The first kappa shape index (κ1) is 16.1. The quantitative estimate of drug-likeness (QED) is 0.768. The minimum absolute atomic E-state index is 0.0149. The van der Waals surface area contributed by atoms with Gasteiger partial charge >= 0.3 is 0 Å². The molecule has 0 bridgehead atoms. The van der Waals surface area contributed by atoms with Crippen LogP contribution in [0.25, 0.3) is 5.69 Å². The van der Waals surface area contributed by atoms with Crippen LogP contribution >= 0.6 is 11.8 Å². The number of pyridine rings is 1. The topological polar surface area (TPSA) is 51.0 Å². The molecule has 2 aromatic rings. The molecule has 0 aliphatic heterocycles. The number of nitrogens with zero attached hydrogens (tertiary/aromatic N) is 4. The summed E-state index contributed by atoms with van der Waals surface area (Å²) in [6.45, 7) is 2.11. The Morgan fingerprint density at radius 2 is 2.36 bits per heavy atom. The van der Waals surface area contributed by atoms with Crippen molar-refractivity contribution >= 4 is 23.4 Å². The Hall–Kier alpha value is -2.26. The van der Waals surface area contributed by atoms with E-state index in [0.29, 0.717) is 6.42 Å². The molecule has 6 heteroatoms. The fourth-order valence-corrected chi connectivity index (χ4v) is 2.44. The Labute approximate surface area is 134 Å². The molecule has 0 saturated heterocycles. The van der Waals surface area contributed by atoms with E-state index in [4.69, 9.17) is 6.42 Å². The van der Waals surface area contributed by atoms with Crippen LogP contribution in [0.2, 0.25) is 0 Å². The van der Waals surface area contributed by atoms with Gasteiger partial charge in [0.25, 0.3) is 0 Å². The normalized spacial score (nSPS) is 10.2. The largest absolute Gasteiger partial charge is 0.297 e. The highest BCUT2D eigenvalue weighted by Gasteiger charge is 2.19. The summed E-state index contributed by atoms with van der Waals surface area (Å²) in [5.41, 5.74) is 2.35. The van der Waals surface area contributed by atoms with Crippen molar-refractivity contribution in [2.24, 2.45) is 0 Å². The molecule has 0 spiro atoms. The van der Waals surface area contributed by atoms with E-state index in [1.807, 2.05) is 31.5 Å². The summed E-state index contributed by atoms with van der Waals surface area (Å²) < 4.78 is 1.71. The SMILES string of the molecule is C#CCN(C(=O)CCSC)c1cn(-c2cccnc2)nc1C. The van der Waals surface area contributed by atoms with Gasteiger partial charge in [0.1, 0.15) is 0 Å². The van der Waals surface area contributed by atoms with E-state index < -0.39 is 0 Å². The van der Waals surface area contributed by atoms with Crippen LogP contribution in [0.1, 0.15) is 12.1 Å². The smallest absolute Gasteiger partial charge is 0.228 e. The zero-order valence-electron chi connectivity index (χ0n) is 12.7. The molecule has 0 fully saturated rings. The van der Waals surface area contributed by atoms with Gasteiger partial charge in [-0.2, -0.15) is 16.9 Å². The Balaban J connectivity index is 2.31. The molecule has 22 heavy (non-hydrogen) atoms. The average molecular weight is 314 g/mol. The Bertz CT molecular complexity index is 675. The maximum absolute atomic E-state index is 12.4. The van der Waals surface area contributed by atoms with Crippen LogP contribution in [0, 0.1) is 19.3 Å². The number of hydrogen-bond acceptors (Lipinski definition) is 4. The molecule has 114 valence electrons. The molecule has 2 heterocycles. The van der Waals surface area contributed by atoms with Gasteiger partial charge in [-0.15, -0.1) is 6.42 Å². The molecule has 0 radical (unpaired) electrons. The van der Waals surface area contributed by atoms with E-state index in [9.17, 15) is 4.79 Å². The first-order valence-corrected chi connectivity index (χ1v) is 8.26. The lowest BCUT2D eigenvalue weighted by Gasteiger charge is -2.19. The summed E-state index contributed by atoms with van der Waals surface area (Å²) in [5, 5.41) is 4.46. The van der Waals surface area contributed by atoms with Crippen LogP contribution in [0.3, 0.4) is 0 Å². The summed E-state index contributed by atoms with van der Waals surface area (Å²) in [6.07, 6.45) is 13.1. The van der Waals surface area contributed by atoms with Gasteiger partial charge in [-0.3, -0.25) is 14.7 Å². The number of terminal acetylenes is 1. The summed E-state index contributed by atoms with van der Waals surface area (Å²) in [6, 6.07) is 3.75. The maximum Gasteiger partial charge on any atom is 0.228 e. The maximum atomic E-state index is 12.4. The van der Waals surface area contributed by atoms with E-state index in [0.717, 1.165) is 22.8 Å². The van der Waals surface area contributed by atoms with Crippen LogP contribution in [-0.4, -0.2) is 39.2 Å². The van der Waals surface area contributed by atoms with Gasteiger partial charge in [0.15, 0.2) is 0 Å². The van der Waals surface area contributed by atoms with E-state index >= 15 is 0 Å². The van der Waals surface area contributed by atoms with Crippen molar-refractivity contribution in [3.63, 3.8) is 0 Å². The summed E-state index contributed by atoms with van der Waals surface area (Å²) in [4.78, 5) is 18.1. The summed E-state index contributed by atoms with van der Waals surface area (Å²) >= 11 is 1.64. The zero-order chi connectivity index (χ0) is 15.9. The number of rotatable bonds is 6. The van der Waals surface area contributed by atoms with Gasteiger partial charge in [-0.1, -0.05) is 5.92 Å². The van der Waals surface area contributed by atoms with Crippen LogP contribution < -0.4 is 4.90 Å². The van der Waals surface area contributed by atoms with Crippen molar-refractivity contribution in [1.29, 1.82) is 0 Å². The minimum atomic E-state index is 0.0149.